The average Bonchev–Trinajstić information content (AvgIpc) is 3.29. The van der Waals surface area contributed by atoms with Crippen LogP contribution in [-0.4, -0.2) is 30.7 Å². The molecule has 24 heavy (non-hydrogen) atoms. The number of fused-ring (bicyclic) bond motifs is 1. The Morgan fingerprint density at radius 2 is 2.21 bits per heavy atom. The normalized spacial score (nSPS) is 19.7. The van der Waals surface area contributed by atoms with Crippen LogP contribution < -0.4 is 10.2 Å². The SMILES string of the molecule is C#CCCC1(CCC(=O)NCCN2c3ccccc3CC2C)N=N1. The van der Waals surface area contributed by atoms with Crippen LogP contribution in [0, 0.1) is 12.3 Å². The second-order valence-corrected chi connectivity index (χ2v) is 6.61. The van der Waals surface area contributed by atoms with Crippen molar-refractivity contribution >= 4 is 11.6 Å². The van der Waals surface area contributed by atoms with Crippen LogP contribution in [0.15, 0.2) is 34.5 Å². The number of hydrogen-bond acceptors (Lipinski definition) is 4. The minimum atomic E-state index is -0.369. The summed E-state index contributed by atoms with van der Waals surface area (Å²) < 4.78 is 0. The molecule has 1 N–H and O–H groups in total. The number of anilines is 1. The van der Waals surface area contributed by atoms with Gasteiger partial charge in [0.05, 0.1) is 0 Å². The first-order valence-corrected chi connectivity index (χ1v) is 8.62. The maximum Gasteiger partial charge on any atom is 0.220 e. The van der Waals surface area contributed by atoms with Crippen molar-refractivity contribution in [2.75, 3.05) is 18.0 Å². The highest BCUT2D eigenvalue weighted by molar-refractivity contribution is 5.76. The van der Waals surface area contributed by atoms with Crippen molar-refractivity contribution in [3.63, 3.8) is 0 Å². The number of para-hydroxylation sites is 1. The fourth-order valence-electron chi connectivity index (χ4n) is 3.36. The number of rotatable bonds is 8. The fourth-order valence-corrected chi connectivity index (χ4v) is 3.36. The third-order valence-electron chi connectivity index (χ3n) is 4.83. The molecule has 3 rings (SSSR count). The largest absolute Gasteiger partial charge is 0.367 e. The molecule has 1 amide bonds. The van der Waals surface area contributed by atoms with Crippen molar-refractivity contribution < 1.29 is 4.79 Å². The highest BCUT2D eigenvalue weighted by Crippen LogP contribution is 2.37. The topological polar surface area (TPSA) is 57.1 Å². The van der Waals surface area contributed by atoms with Crippen molar-refractivity contribution in [3.8, 4) is 12.3 Å². The Kier molecular flexibility index (Phi) is 4.84. The maximum absolute atomic E-state index is 12.0. The molecular weight excluding hydrogens is 300 g/mol. The zero-order valence-electron chi connectivity index (χ0n) is 14.2. The second kappa shape index (κ2) is 7.04. The number of amides is 1. The molecule has 2 aliphatic heterocycles. The van der Waals surface area contributed by atoms with Gasteiger partial charge in [0.25, 0.3) is 0 Å². The van der Waals surface area contributed by atoms with Gasteiger partial charge in [-0.25, -0.2) is 0 Å². The summed E-state index contributed by atoms with van der Waals surface area (Å²) in [4.78, 5) is 14.4. The third kappa shape index (κ3) is 3.76. The minimum Gasteiger partial charge on any atom is -0.367 e. The molecule has 5 nitrogen and oxygen atoms in total. The van der Waals surface area contributed by atoms with Crippen LogP contribution in [0.2, 0.25) is 0 Å². The molecule has 2 aliphatic rings. The van der Waals surface area contributed by atoms with E-state index in [0.717, 1.165) is 19.4 Å². The Morgan fingerprint density at radius 1 is 1.42 bits per heavy atom. The summed E-state index contributed by atoms with van der Waals surface area (Å²) in [6, 6.07) is 8.98. The summed E-state index contributed by atoms with van der Waals surface area (Å²) in [6.07, 6.45) is 8.85. The number of terminal acetylenes is 1. The predicted molar refractivity (Wildman–Crippen MR) is 94.9 cm³/mol. The molecule has 0 aliphatic carbocycles. The first-order valence-electron chi connectivity index (χ1n) is 8.62. The van der Waals surface area contributed by atoms with Gasteiger partial charge in [0.1, 0.15) is 0 Å². The van der Waals surface area contributed by atoms with Gasteiger partial charge in [0, 0.05) is 50.5 Å². The summed E-state index contributed by atoms with van der Waals surface area (Å²) in [6.45, 7) is 3.72. The minimum absolute atomic E-state index is 0.0625. The Morgan fingerprint density at radius 3 is 2.96 bits per heavy atom. The van der Waals surface area contributed by atoms with Crippen LogP contribution in [0.25, 0.3) is 0 Å². The number of carbonyl (C=O) groups is 1. The Balaban J connectivity index is 1.39. The van der Waals surface area contributed by atoms with Crippen molar-refractivity contribution in [2.24, 2.45) is 10.2 Å². The third-order valence-corrected chi connectivity index (χ3v) is 4.83. The molecule has 0 bridgehead atoms. The highest BCUT2D eigenvalue weighted by atomic mass is 16.1. The summed E-state index contributed by atoms with van der Waals surface area (Å²) in [5.41, 5.74) is 2.32. The number of hydrogen-bond donors (Lipinski definition) is 1. The number of carbonyl (C=O) groups excluding carboxylic acids is 1. The predicted octanol–water partition coefficient (Wildman–Crippen LogP) is 2.91. The molecule has 1 aromatic carbocycles. The van der Waals surface area contributed by atoms with Crippen LogP contribution >= 0.6 is 0 Å². The summed E-state index contributed by atoms with van der Waals surface area (Å²) in [5.74, 6) is 2.67. The molecule has 126 valence electrons. The van der Waals surface area contributed by atoms with Gasteiger partial charge in [-0.15, -0.1) is 12.3 Å². The van der Waals surface area contributed by atoms with Gasteiger partial charge in [-0.2, -0.15) is 10.2 Å². The molecule has 5 heteroatoms. The molecule has 0 saturated heterocycles. The lowest BCUT2D eigenvalue weighted by atomic mass is 10.0. The van der Waals surface area contributed by atoms with E-state index in [1.165, 1.54) is 11.3 Å². The molecule has 0 aromatic heterocycles. The molecule has 0 fully saturated rings. The maximum atomic E-state index is 12.0. The van der Waals surface area contributed by atoms with Crippen LogP contribution in [0.3, 0.4) is 0 Å². The van der Waals surface area contributed by atoms with Gasteiger partial charge in [-0.1, -0.05) is 18.2 Å². The van der Waals surface area contributed by atoms with Gasteiger partial charge in [0.15, 0.2) is 5.66 Å². The Hall–Kier alpha value is -2.35. The van der Waals surface area contributed by atoms with Crippen molar-refractivity contribution in [2.45, 2.75) is 50.7 Å². The smallest absolute Gasteiger partial charge is 0.220 e. The Bertz CT molecular complexity index is 670. The van der Waals surface area contributed by atoms with Gasteiger partial charge in [-0.3, -0.25) is 4.79 Å². The lowest BCUT2D eigenvalue weighted by Gasteiger charge is -2.25. The second-order valence-electron chi connectivity index (χ2n) is 6.61. The molecular formula is C19H24N4O. The summed E-state index contributed by atoms with van der Waals surface area (Å²) in [5, 5.41) is 11.1. The van der Waals surface area contributed by atoms with Crippen LogP contribution in [0.5, 0.6) is 0 Å². The van der Waals surface area contributed by atoms with E-state index in [1.807, 2.05) is 0 Å². The fraction of sp³-hybridized carbons (Fsp3) is 0.526. The number of nitrogens with zero attached hydrogens (tertiary/aromatic N) is 3. The zero-order chi connectivity index (χ0) is 17.0. The summed E-state index contributed by atoms with van der Waals surface area (Å²) in [7, 11) is 0. The monoisotopic (exact) mass is 324 g/mol. The average molecular weight is 324 g/mol. The van der Waals surface area contributed by atoms with Gasteiger partial charge in [-0.05, 0) is 25.0 Å². The molecule has 1 aromatic rings. The van der Waals surface area contributed by atoms with Crippen LogP contribution in [-0.2, 0) is 11.2 Å². The van der Waals surface area contributed by atoms with E-state index in [1.54, 1.807) is 0 Å². The quantitative estimate of drug-likeness (QED) is 0.748. The molecule has 1 unspecified atom stereocenters. The van der Waals surface area contributed by atoms with Crippen LogP contribution in [0.4, 0.5) is 5.69 Å². The first kappa shape index (κ1) is 16.5. The van der Waals surface area contributed by atoms with E-state index in [-0.39, 0.29) is 11.6 Å². The number of nitrogens with one attached hydrogen (secondary N) is 1. The van der Waals surface area contributed by atoms with Gasteiger partial charge < -0.3 is 10.2 Å². The van der Waals surface area contributed by atoms with E-state index in [0.29, 0.717) is 31.8 Å². The van der Waals surface area contributed by atoms with Gasteiger partial charge >= 0.3 is 0 Å². The van der Waals surface area contributed by atoms with Gasteiger partial charge in [0.2, 0.25) is 5.91 Å². The highest BCUT2D eigenvalue weighted by Gasteiger charge is 2.39. The standard InChI is InChI=1S/C19H24N4O/c1-3-4-10-19(21-22-19)11-9-18(24)20-12-13-23-15(2)14-16-7-5-6-8-17(16)23/h1,5-8,15H,4,9-14H2,2H3,(H,20,24). The summed E-state index contributed by atoms with van der Waals surface area (Å²) >= 11 is 0. The molecule has 0 saturated carbocycles. The molecule has 2 heterocycles. The van der Waals surface area contributed by atoms with Crippen molar-refractivity contribution in [3.05, 3.63) is 29.8 Å². The van der Waals surface area contributed by atoms with E-state index < -0.39 is 0 Å². The van der Waals surface area contributed by atoms with E-state index in [4.69, 9.17) is 6.42 Å². The molecule has 1 atom stereocenters. The first-order chi connectivity index (χ1) is 11.6. The number of benzene rings is 1. The lowest BCUT2D eigenvalue weighted by molar-refractivity contribution is -0.121. The van der Waals surface area contributed by atoms with E-state index >= 15 is 0 Å². The van der Waals surface area contributed by atoms with Crippen molar-refractivity contribution in [1.82, 2.24) is 5.32 Å². The van der Waals surface area contributed by atoms with Crippen molar-refractivity contribution in [1.29, 1.82) is 0 Å². The molecule has 0 spiro atoms. The molecule has 0 radical (unpaired) electrons. The lowest BCUT2D eigenvalue weighted by Crippen LogP contribution is -2.38. The Labute approximate surface area is 143 Å². The zero-order valence-corrected chi connectivity index (χ0v) is 14.2. The van der Waals surface area contributed by atoms with E-state index in [2.05, 4.69) is 57.6 Å². The van der Waals surface area contributed by atoms with Crippen LogP contribution in [0.1, 0.15) is 38.2 Å². The van der Waals surface area contributed by atoms with E-state index in [9.17, 15) is 4.79 Å².